The summed E-state index contributed by atoms with van der Waals surface area (Å²) in [6, 6.07) is 6.19. The second kappa shape index (κ2) is 6.59. The molecule has 1 heterocycles. The van der Waals surface area contributed by atoms with Crippen LogP contribution in [-0.4, -0.2) is 36.3 Å². The van der Waals surface area contributed by atoms with E-state index in [9.17, 15) is 5.11 Å². The molecule has 1 aromatic carbocycles. The third-order valence-electron chi connectivity index (χ3n) is 4.65. The minimum atomic E-state index is 0.489. The number of nitrogens with zero attached hydrogens (tertiary/aromatic N) is 1. The maximum absolute atomic E-state index is 10.2. The van der Waals surface area contributed by atoms with E-state index < -0.39 is 0 Å². The molecule has 2 fully saturated rings. The molecule has 3 rings (SSSR count). The normalized spacial score (nSPS) is 22.0. The Morgan fingerprint density at radius 1 is 1.10 bits per heavy atom. The molecule has 0 unspecified atom stereocenters. The smallest absolute Gasteiger partial charge is 0.119 e. The number of morpholine rings is 1. The van der Waals surface area contributed by atoms with Crippen LogP contribution in [0.5, 0.6) is 5.75 Å². The van der Waals surface area contributed by atoms with Gasteiger partial charge in [-0.2, -0.15) is 0 Å². The lowest BCUT2D eigenvalue weighted by atomic mass is 9.83. The minimum absolute atomic E-state index is 0.489. The Morgan fingerprint density at radius 3 is 2.60 bits per heavy atom. The monoisotopic (exact) mass is 275 g/mol. The number of hydrogen-bond donors (Lipinski definition) is 1. The molecule has 0 atom stereocenters. The lowest BCUT2D eigenvalue weighted by molar-refractivity contribution is 0.0341. The number of aromatic hydroxyl groups is 1. The fourth-order valence-electron chi connectivity index (χ4n) is 3.46. The summed E-state index contributed by atoms with van der Waals surface area (Å²) in [6.07, 6.45) is 6.42. The average Bonchev–Trinajstić information content (AvgIpc) is 2.51. The van der Waals surface area contributed by atoms with Crippen LogP contribution >= 0.6 is 0 Å². The lowest BCUT2D eigenvalue weighted by Crippen LogP contribution is -2.35. The summed E-state index contributed by atoms with van der Waals surface area (Å²) in [5.74, 6) is 1.05. The highest BCUT2D eigenvalue weighted by Crippen LogP contribution is 2.37. The van der Waals surface area contributed by atoms with Gasteiger partial charge in [0.05, 0.1) is 13.2 Å². The predicted octanol–water partition coefficient (Wildman–Crippen LogP) is 3.27. The molecule has 110 valence electrons. The summed E-state index contributed by atoms with van der Waals surface area (Å²) in [5, 5.41) is 10.2. The summed E-state index contributed by atoms with van der Waals surface area (Å²) in [6.45, 7) is 4.68. The largest absolute Gasteiger partial charge is 0.508 e. The third-order valence-corrected chi connectivity index (χ3v) is 4.65. The Kier molecular flexibility index (Phi) is 4.58. The van der Waals surface area contributed by atoms with E-state index in [1.54, 1.807) is 0 Å². The van der Waals surface area contributed by atoms with E-state index in [0.717, 1.165) is 32.8 Å². The topological polar surface area (TPSA) is 32.7 Å². The van der Waals surface area contributed by atoms with Crippen LogP contribution in [0.1, 0.15) is 49.1 Å². The molecule has 1 N–H and O–H groups in total. The summed E-state index contributed by atoms with van der Waals surface area (Å²) in [4.78, 5) is 2.43. The first-order chi connectivity index (χ1) is 9.83. The zero-order chi connectivity index (χ0) is 13.8. The molecule has 1 saturated heterocycles. The molecule has 0 aromatic heterocycles. The van der Waals surface area contributed by atoms with Gasteiger partial charge in [-0.3, -0.25) is 4.90 Å². The van der Waals surface area contributed by atoms with E-state index in [0.29, 0.717) is 11.7 Å². The van der Waals surface area contributed by atoms with Gasteiger partial charge in [0.25, 0.3) is 0 Å². The van der Waals surface area contributed by atoms with Gasteiger partial charge in [0.2, 0.25) is 0 Å². The maximum atomic E-state index is 10.2. The Morgan fingerprint density at radius 2 is 1.85 bits per heavy atom. The molecular weight excluding hydrogens is 250 g/mol. The van der Waals surface area contributed by atoms with Crippen LogP contribution in [-0.2, 0) is 11.3 Å². The summed E-state index contributed by atoms with van der Waals surface area (Å²) < 4.78 is 5.39. The Hall–Kier alpha value is -1.06. The van der Waals surface area contributed by atoms with Gasteiger partial charge in [-0.25, -0.2) is 0 Å². The van der Waals surface area contributed by atoms with Crippen LogP contribution in [0.2, 0.25) is 0 Å². The molecule has 0 bridgehead atoms. The van der Waals surface area contributed by atoms with E-state index in [1.165, 1.54) is 43.2 Å². The van der Waals surface area contributed by atoms with E-state index in [4.69, 9.17) is 4.74 Å². The van der Waals surface area contributed by atoms with E-state index in [-0.39, 0.29) is 0 Å². The van der Waals surface area contributed by atoms with Crippen molar-refractivity contribution in [2.45, 2.75) is 44.6 Å². The molecule has 2 aliphatic rings. The van der Waals surface area contributed by atoms with E-state index in [2.05, 4.69) is 17.0 Å². The lowest BCUT2D eigenvalue weighted by Gasteiger charge is -2.27. The number of benzene rings is 1. The van der Waals surface area contributed by atoms with Crippen LogP contribution in [0.15, 0.2) is 18.2 Å². The predicted molar refractivity (Wildman–Crippen MR) is 80.0 cm³/mol. The highest BCUT2D eigenvalue weighted by Gasteiger charge is 2.19. The number of rotatable bonds is 3. The van der Waals surface area contributed by atoms with Crippen LogP contribution in [0.3, 0.4) is 0 Å². The quantitative estimate of drug-likeness (QED) is 0.919. The van der Waals surface area contributed by atoms with Crippen molar-refractivity contribution in [2.75, 3.05) is 26.3 Å². The van der Waals surface area contributed by atoms with Gasteiger partial charge in [-0.05, 0) is 36.0 Å². The molecule has 1 aliphatic carbocycles. The molecule has 1 aliphatic heterocycles. The van der Waals surface area contributed by atoms with E-state index in [1.807, 2.05) is 6.07 Å². The zero-order valence-corrected chi connectivity index (χ0v) is 12.2. The number of hydrogen-bond acceptors (Lipinski definition) is 3. The van der Waals surface area contributed by atoms with Crippen LogP contribution in [0.25, 0.3) is 0 Å². The van der Waals surface area contributed by atoms with Crippen molar-refractivity contribution in [3.05, 3.63) is 29.3 Å². The maximum Gasteiger partial charge on any atom is 0.119 e. The standard InChI is InChI=1S/C17H25NO2/c19-17-7-6-14(13-18-8-10-20-11-9-18)12-16(17)15-4-2-1-3-5-15/h6-7,12,15,19H,1-5,8-11,13H2. The first-order valence-corrected chi connectivity index (χ1v) is 7.95. The summed E-state index contributed by atoms with van der Waals surface area (Å²) in [7, 11) is 0. The van der Waals surface area contributed by atoms with Crippen LogP contribution in [0.4, 0.5) is 0 Å². The van der Waals surface area contributed by atoms with Gasteiger partial charge in [0.1, 0.15) is 5.75 Å². The van der Waals surface area contributed by atoms with Crippen LogP contribution in [0, 0.1) is 0 Å². The average molecular weight is 275 g/mol. The molecule has 0 spiro atoms. The van der Waals surface area contributed by atoms with Gasteiger partial charge in [0, 0.05) is 19.6 Å². The third kappa shape index (κ3) is 3.33. The fraction of sp³-hybridized carbons (Fsp3) is 0.647. The molecule has 0 amide bonds. The first-order valence-electron chi connectivity index (χ1n) is 7.95. The molecule has 1 saturated carbocycles. The number of ether oxygens (including phenoxy) is 1. The fourth-order valence-corrected chi connectivity index (χ4v) is 3.46. The number of phenols is 1. The Bertz CT molecular complexity index is 435. The van der Waals surface area contributed by atoms with Gasteiger partial charge < -0.3 is 9.84 Å². The molecule has 0 radical (unpaired) electrons. The summed E-state index contributed by atoms with van der Waals surface area (Å²) >= 11 is 0. The van der Waals surface area contributed by atoms with Crippen molar-refractivity contribution in [3.63, 3.8) is 0 Å². The van der Waals surface area contributed by atoms with Crippen molar-refractivity contribution < 1.29 is 9.84 Å². The minimum Gasteiger partial charge on any atom is -0.508 e. The molecule has 3 heteroatoms. The highest BCUT2D eigenvalue weighted by atomic mass is 16.5. The van der Waals surface area contributed by atoms with Crippen molar-refractivity contribution in [1.29, 1.82) is 0 Å². The molecule has 20 heavy (non-hydrogen) atoms. The van der Waals surface area contributed by atoms with Gasteiger partial charge in [0.15, 0.2) is 0 Å². The Balaban J connectivity index is 1.71. The van der Waals surface area contributed by atoms with Gasteiger partial charge in [-0.15, -0.1) is 0 Å². The molecule has 1 aromatic rings. The summed E-state index contributed by atoms with van der Waals surface area (Å²) in [5.41, 5.74) is 2.50. The van der Waals surface area contributed by atoms with Crippen LogP contribution < -0.4 is 0 Å². The van der Waals surface area contributed by atoms with E-state index >= 15 is 0 Å². The van der Waals surface area contributed by atoms with Crippen molar-refractivity contribution >= 4 is 0 Å². The van der Waals surface area contributed by atoms with Gasteiger partial charge in [-0.1, -0.05) is 31.4 Å². The highest BCUT2D eigenvalue weighted by molar-refractivity contribution is 5.39. The number of phenolic OH excluding ortho intramolecular Hbond substituents is 1. The second-order valence-electron chi connectivity index (χ2n) is 6.12. The van der Waals surface area contributed by atoms with Gasteiger partial charge >= 0.3 is 0 Å². The Labute approximate surface area is 121 Å². The molecule has 3 nitrogen and oxygen atoms in total. The van der Waals surface area contributed by atoms with Crippen molar-refractivity contribution in [2.24, 2.45) is 0 Å². The SMILES string of the molecule is Oc1ccc(CN2CCOCC2)cc1C1CCCCC1. The zero-order valence-electron chi connectivity index (χ0n) is 12.2. The second-order valence-corrected chi connectivity index (χ2v) is 6.12. The van der Waals surface area contributed by atoms with Crippen molar-refractivity contribution in [1.82, 2.24) is 4.90 Å². The van der Waals surface area contributed by atoms with Crippen molar-refractivity contribution in [3.8, 4) is 5.75 Å². The molecular formula is C17H25NO2. The first kappa shape index (κ1) is 13.9.